The molecule has 27 heavy (non-hydrogen) atoms. The molecule has 0 aliphatic carbocycles. The maximum Gasteiger partial charge on any atom is 0.319 e. The van der Waals surface area contributed by atoms with Crippen LogP contribution in [0.2, 0.25) is 0 Å². The number of nitrogens with zero attached hydrogens (tertiary/aromatic N) is 2. The van der Waals surface area contributed by atoms with E-state index in [4.69, 9.17) is 4.74 Å². The first-order chi connectivity index (χ1) is 12.9. The first-order valence-electron chi connectivity index (χ1n) is 8.69. The lowest BCUT2D eigenvalue weighted by molar-refractivity contribution is -0.149. The molecule has 1 heterocycles. The largest absolute Gasteiger partial charge is 0.465 e. The molecule has 0 bridgehead atoms. The molecule has 2 aromatic rings. The summed E-state index contributed by atoms with van der Waals surface area (Å²) in [6.45, 7) is 4.54. The zero-order valence-electron chi connectivity index (χ0n) is 15.2. The molecule has 1 aliphatic rings. The highest BCUT2D eigenvalue weighted by Gasteiger charge is 2.47. The van der Waals surface area contributed by atoms with Gasteiger partial charge in [0.05, 0.1) is 24.6 Å². The topological polar surface area (TPSA) is 53.9 Å². The fraction of sp³-hybridized carbons (Fsp3) is 0.300. The SMILES string of the molecule is CCOC(=O)C1(C)CN(c2ccc(F)cc2)C/C1=N\Nc1ccc(F)cc1. The van der Waals surface area contributed by atoms with E-state index in [2.05, 4.69) is 10.5 Å². The average molecular weight is 373 g/mol. The van der Waals surface area contributed by atoms with Crippen LogP contribution >= 0.6 is 0 Å². The second-order valence-corrected chi connectivity index (χ2v) is 6.56. The van der Waals surface area contributed by atoms with Gasteiger partial charge in [-0.1, -0.05) is 0 Å². The minimum atomic E-state index is -0.947. The Kier molecular flexibility index (Phi) is 5.39. The van der Waals surface area contributed by atoms with Crippen LogP contribution in [0.15, 0.2) is 53.6 Å². The molecule has 1 N–H and O–H groups in total. The Bertz CT molecular complexity index is 837. The maximum atomic E-state index is 13.2. The summed E-state index contributed by atoms with van der Waals surface area (Å²) in [5.74, 6) is -1.03. The number of hydrogen-bond acceptors (Lipinski definition) is 5. The zero-order chi connectivity index (χ0) is 19.4. The van der Waals surface area contributed by atoms with Crippen molar-refractivity contribution >= 4 is 23.1 Å². The van der Waals surface area contributed by atoms with Crippen molar-refractivity contribution in [2.24, 2.45) is 10.5 Å². The number of rotatable bonds is 5. The molecule has 0 saturated carbocycles. The molecule has 1 unspecified atom stereocenters. The number of nitrogens with one attached hydrogen (secondary N) is 1. The summed E-state index contributed by atoms with van der Waals surface area (Å²) in [5, 5.41) is 4.40. The Labute approximate surface area is 156 Å². The summed E-state index contributed by atoms with van der Waals surface area (Å²) in [6, 6.07) is 11.9. The summed E-state index contributed by atoms with van der Waals surface area (Å²) in [7, 11) is 0. The number of hydrazone groups is 1. The van der Waals surface area contributed by atoms with Crippen molar-refractivity contribution < 1.29 is 18.3 Å². The van der Waals surface area contributed by atoms with Gasteiger partial charge in [0.15, 0.2) is 0 Å². The summed E-state index contributed by atoms with van der Waals surface area (Å²) in [6.07, 6.45) is 0. The highest BCUT2D eigenvalue weighted by Crippen LogP contribution is 2.33. The van der Waals surface area contributed by atoms with Crippen LogP contribution in [0, 0.1) is 17.0 Å². The van der Waals surface area contributed by atoms with Gasteiger partial charge in [-0.15, -0.1) is 0 Å². The number of ether oxygens (including phenoxy) is 1. The smallest absolute Gasteiger partial charge is 0.319 e. The van der Waals surface area contributed by atoms with E-state index in [9.17, 15) is 13.6 Å². The molecule has 0 amide bonds. The molecule has 2 aromatic carbocycles. The van der Waals surface area contributed by atoms with E-state index in [1.165, 1.54) is 24.3 Å². The van der Waals surface area contributed by atoms with Crippen LogP contribution in [-0.4, -0.2) is 31.4 Å². The lowest BCUT2D eigenvalue weighted by Gasteiger charge is -2.23. The number of halogens is 2. The van der Waals surface area contributed by atoms with Gasteiger partial charge in [0.2, 0.25) is 0 Å². The molecule has 7 heteroatoms. The van der Waals surface area contributed by atoms with E-state index in [0.717, 1.165) is 5.69 Å². The average Bonchev–Trinajstić information content (AvgIpc) is 3.00. The fourth-order valence-corrected chi connectivity index (χ4v) is 3.01. The van der Waals surface area contributed by atoms with Crippen molar-refractivity contribution in [3.8, 4) is 0 Å². The van der Waals surface area contributed by atoms with E-state index in [1.807, 2.05) is 4.90 Å². The number of hydrogen-bond donors (Lipinski definition) is 1. The van der Waals surface area contributed by atoms with Gasteiger partial charge in [-0.3, -0.25) is 10.2 Å². The Morgan fingerprint density at radius 2 is 1.74 bits per heavy atom. The zero-order valence-corrected chi connectivity index (χ0v) is 15.2. The molecule has 0 aromatic heterocycles. The molecular formula is C20H21F2N3O2. The minimum Gasteiger partial charge on any atom is -0.465 e. The standard InChI is InChI=1S/C20H21F2N3O2/c1-3-27-19(26)20(2)13-25(17-10-6-15(22)7-11-17)12-18(20)24-23-16-8-4-14(21)5-9-16/h4-11,23H,3,12-13H2,1-2H3/b24-18+. The number of esters is 1. The van der Waals surface area contributed by atoms with Gasteiger partial charge in [-0.25, -0.2) is 8.78 Å². The van der Waals surface area contributed by atoms with Crippen LogP contribution in [-0.2, 0) is 9.53 Å². The van der Waals surface area contributed by atoms with Crippen molar-refractivity contribution in [2.45, 2.75) is 13.8 Å². The highest BCUT2D eigenvalue weighted by molar-refractivity contribution is 6.11. The first kappa shape index (κ1) is 18.8. The third-order valence-electron chi connectivity index (χ3n) is 4.57. The number of carbonyl (C=O) groups excluding carboxylic acids is 1. The third-order valence-corrected chi connectivity index (χ3v) is 4.57. The van der Waals surface area contributed by atoms with Gasteiger partial charge in [-0.05, 0) is 62.4 Å². The van der Waals surface area contributed by atoms with E-state index < -0.39 is 5.41 Å². The molecular weight excluding hydrogens is 352 g/mol. The molecule has 0 spiro atoms. The van der Waals surface area contributed by atoms with Crippen molar-refractivity contribution in [1.82, 2.24) is 0 Å². The van der Waals surface area contributed by atoms with E-state index in [-0.39, 0.29) is 24.2 Å². The second kappa shape index (κ2) is 7.73. The lowest BCUT2D eigenvalue weighted by atomic mass is 9.88. The minimum absolute atomic E-state index is 0.268. The summed E-state index contributed by atoms with van der Waals surface area (Å²) in [4.78, 5) is 14.5. The van der Waals surface area contributed by atoms with Crippen molar-refractivity contribution in [2.75, 3.05) is 30.0 Å². The number of carbonyl (C=O) groups is 1. The fourth-order valence-electron chi connectivity index (χ4n) is 3.01. The summed E-state index contributed by atoms with van der Waals surface area (Å²) >= 11 is 0. The van der Waals surface area contributed by atoms with Gasteiger partial charge in [0.1, 0.15) is 17.0 Å². The van der Waals surface area contributed by atoms with Crippen molar-refractivity contribution in [1.29, 1.82) is 0 Å². The van der Waals surface area contributed by atoms with Gasteiger partial charge >= 0.3 is 5.97 Å². The highest BCUT2D eigenvalue weighted by atomic mass is 19.1. The predicted octanol–water partition coefficient (Wildman–Crippen LogP) is 3.82. The third kappa shape index (κ3) is 4.07. The molecule has 1 aliphatic heterocycles. The lowest BCUT2D eigenvalue weighted by Crippen LogP contribution is -2.38. The van der Waals surface area contributed by atoms with Crippen LogP contribution in [0.3, 0.4) is 0 Å². The quantitative estimate of drug-likeness (QED) is 0.639. The van der Waals surface area contributed by atoms with E-state index in [0.29, 0.717) is 24.5 Å². The van der Waals surface area contributed by atoms with Gasteiger partial charge in [-0.2, -0.15) is 5.10 Å². The van der Waals surface area contributed by atoms with Crippen LogP contribution in [0.1, 0.15) is 13.8 Å². The maximum absolute atomic E-state index is 13.2. The first-order valence-corrected chi connectivity index (χ1v) is 8.69. The van der Waals surface area contributed by atoms with Gasteiger partial charge in [0.25, 0.3) is 0 Å². The second-order valence-electron chi connectivity index (χ2n) is 6.56. The van der Waals surface area contributed by atoms with Crippen LogP contribution in [0.5, 0.6) is 0 Å². The Balaban J connectivity index is 1.87. The molecule has 5 nitrogen and oxygen atoms in total. The molecule has 1 saturated heterocycles. The van der Waals surface area contributed by atoms with Crippen LogP contribution in [0.25, 0.3) is 0 Å². The van der Waals surface area contributed by atoms with Crippen molar-refractivity contribution in [3.63, 3.8) is 0 Å². The van der Waals surface area contributed by atoms with Gasteiger partial charge < -0.3 is 9.64 Å². The Hall–Kier alpha value is -2.96. The summed E-state index contributed by atoms with van der Waals surface area (Å²) < 4.78 is 31.5. The molecule has 142 valence electrons. The molecule has 1 fully saturated rings. The Morgan fingerprint density at radius 3 is 2.33 bits per heavy atom. The van der Waals surface area contributed by atoms with Gasteiger partial charge in [0, 0.05) is 12.2 Å². The molecule has 3 rings (SSSR count). The Morgan fingerprint density at radius 1 is 1.15 bits per heavy atom. The normalized spacial score (nSPS) is 20.7. The summed E-state index contributed by atoms with van der Waals surface area (Å²) in [5.41, 5.74) is 3.92. The van der Waals surface area contributed by atoms with E-state index in [1.54, 1.807) is 38.1 Å². The number of benzene rings is 2. The monoisotopic (exact) mass is 373 g/mol. The van der Waals surface area contributed by atoms with Crippen molar-refractivity contribution in [3.05, 3.63) is 60.2 Å². The number of anilines is 2. The predicted molar refractivity (Wildman–Crippen MR) is 101 cm³/mol. The van der Waals surface area contributed by atoms with Crippen LogP contribution in [0.4, 0.5) is 20.2 Å². The van der Waals surface area contributed by atoms with Crippen LogP contribution < -0.4 is 10.3 Å². The van der Waals surface area contributed by atoms with E-state index >= 15 is 0 Å². The molecule has 1 atom stereocenters. The molecule has 0 radical (unpaired) electrons.